The van der Waals surface area contributed by atoms with Crippen LogP contribution in [0.15, 0.2) is 146 Å². The fourth-order valence-corrected chi connectivity index (χ4v) is 9.56. The van der Waals surface area contributed by atoms with E-state index in [9.17, 15) is 0 Å². The van der Waals surface area contributed by atoms with E-state index in [1.165, 1.54) is 22.3 Å². The fraction of sp³-hybridized carbons (Fsp3) is 0.258. The van der Waals surface area contributed by atoms with Gasteiger partial charge < -0.3 is 9.13 Å². The molecule has 7 aromatic carbocycles. The molecule has 338 valence electrons. The monoisotopic (exact) mass is 888 g/mol. The Balaban J connectivity index is 1.37. The van der Waals surface area contributed by atoms with E-state index in [1.54, 1.807) is 0 Å². The number of hydrogen-bond donors (Lipinski definition) is 0. The average molecular weight is 889 g/mol. The van der Waals surface area contributed by atoms with Gasteiger partial charge in [0.15, 0.2) is 17.5 Å². The summed E-state index contributed by atoms with van der Waals surface area (Å²) >= 11 is 0. The molecule has 0 saturated heterocycles. The van der Waals surface area contributed by atoms with Crippen molar-refractivity contribution in [3.05, 3.63) is 179 Å². The van der Waals surface area contributed by atoms with Crippen LogP contribution in [0.4, 0.5) is 5.69 Å². The lowest BCUT2D eigenvalue weighted by Gasteiger charge is -2.21. The molecular weight excluding hydrogens is 829 g/mol. The lowest BCUT2D eigenvalue weighted by molar-refractivity contribution is 0.590. The summed E-state index contributed by atoms with van der Waals surface area (Å²) in [7, 11) is 0. The summed E-state index contributed by atoms with van der Waals surface area (Å²) in [5.74, 6) is 1.66. The van der Waals surface area contributed by atoms with Crippen LogP contribution in [0.2, 0.25) is 0 Å². The molecule has 10 rings (SSSR count). The first-order valence-electron chi connectivity index (χ1n) is 23.8. The Labute approximate surface area is 401 Å². The molecule has 0 atom stereocenters. The molecule has 0 radical (unpaired) electrons. The SMILES string of the molecule is [C-]#[N+]c1cc(-n2c3ccc(C(C)(C)C)cc3c3cc(C(C)(C)C)ccc32)c(-c2nc(-c3ccccc3)nc(-c3ccccc3)n2)cc1-n1c2ccc(C(C)(C)C)cc2c2cc(C(C)(C)C)ccc21. The van der Waals surface area contributed by atoms with E-state index >= 15 is 0 Å². The van der Waals surface area contributed by atoms with Gasteiger partial charge in [0.2, 0.25) is 5.69 Å². The van der Waals surface area contributed by atoms with Gasteiger partial charge in [-0.15, -0.1) is 0 Å². The van der Waals surface area contributed by atoms with Crippen LogP contribution in [0.25, 0.3) is 94.0 Å². The lowest BCUT2D eigenvalue weighted by atomic mass is 9.85. The van der Waals surface area contributed by atoms with Gasteiger partial charge in [0.05, 0.1) is 34.3 Å². The quantitative estimate of drug-likeness (QED) is 0.162. The van der Waals surface area contributed by atoms with Crippen molar-refractivity contribution in [1.82, 2.24) is 24.1 Å². The first kappa shape index (κ1) is 44.5. The minimum atomic E-state index is -0.0650. The van der Waals surface area contributed by atoms with Crippen molar-refractivity contribution in [2.45, 2.75) is 105 Å². The first-order chi connectivity index (χ1) is 32.2. The van der Waals surface area contributed by atoms with Crippen LogP contribution in [0.5, 0.6) is 0 Å². The van der Waals surface area contributed by atoms with Crippen molar-refractivity contribution in [2.24, 2.45) is 0 Å². The van der Waals surface area contributed by atoms with Crippen molar-refractivity contribution in [2.75, 3.05) is 0 Å². The first-order valence-corrected chi connectivity index (χ1v) is 23.8. The van der Waals surface area contributed by atoms with Gasteiger partial charge in [-0.3, -0.25) is 0 Å². The molecule has 0 spiro atoms. The standard InChI is InChI=1S/C62H60N6/c1-59(2,3)40-24-28-50-44(32-40)45-33-41(60(4,5)6)25-29-51(45)67(50)54-37-49(63-13)55(36-48(54)58-65-56(38-20-16-14-17-21-38)64-57(66-58)39-22-18-15-19-23-39)68-52-30-26-42(61(7,8)9)34-46(52)47-35-43(62(10,11)12)27-31-53(47)68/h14-37H,1-12H3. The number of benzene rings is 7. The maximum Gasteiger partial charge on any atom is 0.212 e. The molecule has 0 saturated carbocycles. The summed E-state index contributed by atoms with van der Waals surface area (Å²) in [5.41, 5.74) is 13.6. The van der Waals surface area contributed by atoms with Crippen LogP contribution in [0.3, 0.4) is 0 Å². The Kier molecular flexibility index (Phi) is 10.4. The predicted molar refractivity (Wildman–Crippen MR) is 286 cm³/mol. The molecule has 0 unspecified atom stereocenters. The van der Waals surface area contributed by atoms with Crippen molar-refractivity contribution >= 4 is 49.3 Å². The largest absolute Gasteiger partial charge is 0.319 e. The number of hydrogen-bond acceptors (Lipinski definition) is 3. The van der Waals surface area contributed by atoms with E-state index in [1.807, 2.05) is 60.7 Å². The summed E-state index contributed by atoms with van der Waals surface area (Å²) in [6.45, 7) is 36.2. The highest BCUT2D eigenvalue weighted by atomic mass is 15.1. The fourth-order valence-electron chi connectivity index (χ4n) is 9.56. The second-order valence-corrected chi connectivity index (χ2v) is 22.6. The zero-order valence-electron chi connectivity index (χ0n) is 41.5. The van der Waals surface area contributed by atoms with Gasteiger partial charge in [0.25, 0.3) is 0 Å². The van der Waals surface area contributed by atoms with E-state index in [-0.39, 0.29) is 21.7 Å². The molecule has 6 heteroatoms. The van der Waals surface area contributed by atoms with Crippen molar-refractivity contribution in [1.29, 1.82) is 0 Å². The van der Waals surface area contributed by atoms with Crippen LogP contribution >= 0.6 is 0 Å². The van der Waals surface area contributed by atoms with Gasteiger partial charge in [-0.2, -0.15) is 0 Å². The van der Waals surface area contributed by atoms with Crippen molar-refractivity contribution in [3.8, 4) is 45.5 Å². The van der Waals surface area contributed by atoms with Crippen LogP contribution in [-0.2, 0) is 21.7 Å². The molecule has 0 aliphatic rings. The lowest BCUT2D eigenvalue weighted by Crippen LogP contribution is -2.10. The van der Waals surface area contributed by atoms with Gasteiger partial charge in [-0.05, 0) is 105 Å². The molecule has 0 amide bonds. The Bertz CT molecular complexity index is 3450. The van der Waals surface area contributed by atoms with Gasteiger partial charge in [-0.25, -0.2) is 19.8 Å². The summed E-state index contributed by atoms with van der Waals surface area (Å²) < 4.78 is 4.63. The number of rotatable bonds is 5. The van der Waals surface area contributed by atoms with Crippen molar-refractivity contribution < 1.29 is 0 Å². The summed E-state index contributed by atoms with van der Waals surface area (Å²) in [4.78, 5) is 20.3. The van der Waals surface area contributed by atoms with E-state index in [0.29, 0.717) is 23.2 Å². The number of nitrogens with zero attached hydrogens (tertiary/aromatic N) is 6. The molecular formula is C62H60N6. The van der Waals surface area contributed by atoms with Gasteiger partial charge in [-0.1, -0.05) is 168 Å². The molecule has 68 heavy (non-hydrogen) atoms. The highest BCUT2D eigenvalue weighted by Crippen LogP contribution is 2.45. The van der Waals surface area contributed by atoms with Gasteiger partial charge in [0.1, 0.15) is 0 Å². The summed E-state index contributed by atoms with van der Waals surface area (Å²) in [6.07, 6.45) is 0. The Morgan fingerprint density at radius 1 is 0.368 bits per heavy atom. The smallest absolute Gasteiger partial charge is 0.212 e. The van der Waals surface area contributed by atoms with E-state index in [0.717, 1.165) is 71.7 Å². The Morgan fingerprint density at radius 2 is 0.691 bits per heavy atom. The van der Waals surface area contributed by atoms with E-state index in [4.69, 9.17) is 21.5 Å². The summed E-state index contributed by atoms with van der Waals surface area (Å²) in [6, 6.07) is 52.0. The van der Waals surface area contributed by atoms with Crippen LogP contribution < -0.4 is 0 Å². The molecule has 10 aromatic rings. The van der Waals surface area contributed by atoms with E-state index < -0.39 is 0 Å². The maximum absolute atomic E-state index is 9.01. The molecule has 0 N–H and O–H groups in total. The summed E-state index contributed by atoms with van der Waals surface area (Å²) in [5, 5.41) is 4.64. The maximum atomic E-state index is 9.01. The Hall–Kier alpha value is -7.36. The molecule has 0 aliphatic carbocycles. The predicted octanol–water partition coefficient (Wildman–Crippen LogP) is 16.8. The third-order valence-electron chi connectivity index (χ3n) is 13.6. The normalized spacial score (nSPS) is 12.7. The third kappa shape index (κ3) is 7.74. The molecule has 6 nitrogen and oxygen atoms in total. The van der Waals surface area contributed by atoms with Gasteiger partial charge in [0, 0.05) is 43.9 Å². The van der Waals surface area contributed by atoms with Crippen LogP contribution in [-0.4, -0.2) is 24.1 Å². The number of aromatic nitrogens is 5. The van der Waals surface area contributed by atoms with Crippen molar-refractivity contribution in [3.63, 3.8) is 0 Å². The topological polar surface area (TPSA) is 52.9 Å². The Morgan fingerprint density at radius 3 is 1.01 bits per heavy atom. The zero-order valence-corrected chi connectivity index (χ0v) is 41.5. The minimum absolute atomic E-state index is 0.0596. The highest BCUT2D eigenvalue weighted by Gasteiger charge is 2.27. The number of fused-ring (bicyclic) bond motifs is 6. The molecule has 0 aliphatic heterocycles. The minimum Gasteiger partial charge on any atom is -0.319 e. The van der Waals surface area contributed by atoms with Crippen LogP contribution in [0, 0.1) is 6.57 Å². The average Bonchev–Trinajstić information content (AvgIpc) is 3.81. The second kappa shape index (κ2) is 15.9. The third-order valence-corrected chi connectivity index (χ3v) is 13.6. The molecule has 3 heterocycles. The molecule has 0 bridgehead atoms. The second-order valence-electron chi connectivity index (χ2n) is 22.6. The molecule has 0 fully saturated rings. The zero-order chi connectivity index (χ0) is 48.1. The van der Waals surface area contributed by atoms with Gasteiger partial charge >= 0.3 is 0 Å². The van der Waals surface area contributed by atoms with E-state index in [2.05, 4.69) is 182 Å². The highest BCUT2D eigenvalue weighted by molar-refractivity contribution is 6.12. The molecule has 3 aromatic heterocycles. The van der Waals surface area contributed by atoms with Crippen LogP contribution in [0.1, 0.15) is 105 Å².